The minimum absolute atomic E-state index is 0.114. The van der Waals surface area contributed by atoms with Crippen molar-refractivity contribution in [1.29, 1.82) is 0 Å². The highest BCUT2D eigenvalue weighted by atomic mass is 16.5. The monoisotopic (exact) mass is 351 g/mol. The van der Waals surface area contributed by atoms with Crippen molar-refractivity contribution < 1.29 is 9.53 Å². The van der Waals surface area contributed by atoms with E-state index in [0.717, 1.165) is 37.2 Å². The van der Waals surface area contributed by atoms with Gasteiger partial charge in [0.25, 0.3) is 0 Å². The van der Waals surface area contributed by atoms with Crippen LogP contribution in [0.2, 0.25) is 0 Å². The van der Waals surface area contributed by atoms with Crippen LogP contribution < -0.4 is 4.90 Å². The van der Waals surface area contributed by atoms with Gasteiger partial charge in [-0.05, 0) is 43.5 Å². The minimum atomic E-state index is 0.114. The van der Waals surface area contributed by atoms with Crippen molar-refractivity contribution in [3.8, 4) is 0 Å². The van der Waals surface area contributed by atoms with E-state index < -0.39 is 0 Å². The lowest BCUT2D eigenvalue weighted by Crippen LogP contribution is -2.38. The van der Waals surface area contributed by atoms with Gasteiger partial charge in [-0.15, -0.1) is 0 Å². The Morgan fingerprint density at radius 3 is 2.65 bits per heavy atom. The summed E-state index contributed by atoms with van der Waals surface area (Å²) < 4.78 is 5.19. The lowest BCUT2D eigenvalue weighted by Gasteiger charge is -2.27. The first kappa shape index (κ1) is 17.0. The molecule has 3 atom stereocenters. The molecule has 4 rings (SSSR count). The van der Waals surface area contributed by atoms with Gasteiger partial charge in [-0.3, -0.25) is 9.88 Å². The zero-order valence-electron chi connectivity index (χ0n) is 15.1. The molecule has 2 aliphatic rings. The Morgan fingerprint density at radius 2 is 1.92 bits per heavy atom. The number of hydrogen-bond acceptors (Lipinski definition) is 3. The lowest BCUT2D eigenvalue weighted by molar-refractivity contribution is 0.167. The van der Waals surface area contributed by atoms with Crippen molar-refractivity contribution in [1.82, 2.24) is 9.88 Å². The Kier molecular flexibility index (Phi) is 4.89. The van der Waals surface area contributed by atoms with Gasteiger partial charge in [0.05, 0.1) is 12.1 Å². The zero-order chi connectivity index (χ0) is 17.9. The molecule has 2 heterocycles. The summed E-state index contributed by atoms with van der Waals surface area (Å²) >= 11 is 0. The number of para-hydroxylation sites is 1. The van der Waals surface area contributed by atoms with Crippen LogP contribution in [-0.2, 0) is 4.74 Å². The Bertz CT molecular complexity index is 737. The third kappa shape index (κ3) is 2.97. The van der Waals surface area contributed by atoms with Gasteiger partial charge in [-0.2, -0.15) is 0 Å². The summed E-state index contributed by atoms with van der Waals surface area (Å²) in [4.78, 5) is 21.9. The van der Waals surface area contributed by atoms with Crippen LogP contribution in [0.3, 0.4) is 0 Å². The number of hydrogen-bond donors (Lipinski definition) is 0. The van der Waals surface area contributed by atoms with E-state index >= 15 is 0 Å². The van der Waals surface area contributed by atoms with Crippen LogP contribution in [0.1, 0.15) is 30.9 Å². The number of rotatable bonds is 6. The standard InChI is InChI=1S/C21H25N3O2/c1-26-15-7-14-23-19-12-11-17(18-10-5-6-13-22-18)20(19)24(21(23)25)16-8-3-2-4-9-16/h2-6,8-10,13,17,19-20H,7,11-12,14-15H2,1H3/t17-,19-,20+/m0/s1. The number of carbonyl (C=O) groups excluding carboxylic acids is 1. The Labute approximate surface area is 154 Å². The number of carbonyl (C=O) groups is 1. The van der Waals surface area contributed by atoms with E-state index in [1.54, 1.807) is 7.11 Å². The van der Waals surface area contributed by atoms with E-state index in [9.17, 15) is 4.79 Å². The van der Waals surface area contributed by atoms with Gasteiger partial charge in [0, 0.05) is 43.8 Å². The van der Waals surface area contributed by atoms with E-state index in [1.165, 1.54) is 0 Å². The van der Waals surface area contributed by atoms with Gasteiger partial charge in [0.2, 0.25) is 0 Å². The topological polar surface area (TPSA) is 45.7 Å². The van der Waals surface area contributed by atoms with Crippen LogP contribution >= 0.6 is 0 Å². The quantitative estimate of drug-likeness (QED) is 0.746. The molecule has 2 aromatic rings. The summed E-state index contributed by atoms with van der Waals surface area (Å²) in [6, 6.07) is 16.6. The Balaban J connectivity index is 1.67. The summed E-state index contributed by atoms with van der Waals surface area (Å²) in [7, 11) is 1.71. The minimum Gasteiger partial charge on any atom is -0.385 e. The SMILES string of the molecule is COCCCN1C(=O)N(c2ccccc2)[C@@H]2[C@H](c3ccccn3)CC[C@@H]21. The fourth-order valence-electron chi connectivity index (χ4n) is 4.49. The van der Waals surface area contributed by atoms with Crippen molar-refractivity contribution in [2.75, 3.05) is 25.2 Å². The highest BCUT2D eigenvalue weighted by molar-refractivity contribution is 5.96. The van der Waals surface area contributed by atoms with E-state index in [-0.39, 0.29) is 24.0 Å². The average Bonchev–Trinajstić information content (AvgIpc) is 3.22. The molecule has 2 fully saturated rings. The lowest BCUT2D eigenvalue weighted by atomic mass is 9.96. The maximum atomic E-state index is 13.3. The summed E-state index contributed by atoms with van der Waals surface area (Å²) in [5.41, 5.74) is 2.07. The largest absolute Gasteiger partial charge is 0.385 e. The summed E-state index contributed by atoms with van der Waals surface area (Å²) in [5.74, 6) is 0.276. The van der Waals surface area contributed by atoms with Crippen molar-refractivity contribution in [2.24, 2.45) is 0 Å². The number of ether oxygens (including phenoxy) is 1. The number of nitrogens with zero attached hydrogens (tertiary/aromatic N) is 3. The van der Waals surface area contributed by atoms with E-state index in [1.807, 2.05) is 53.6 Å². The maximum Gasteiger partial charge on any atom is 0.325 e. The molecule has 5 heteroatoms. The van der Waals surface area contributed by atoms with Crippen molar-refractivity contribution in [3.05, 3.63) is 60.4 Å². The molecule has 5 nitrogen and oxygen atoms in total. The molecule has 0 N–H and O–H groups in total. The first-order chi connectivity index (χ1) is 12.8. The number of methoxy groups -OCH3 is 1. The molecule has 1 saturated heterocycles. The van der Waals surface area contributed by atoms with Crippen molar-refractivity contribution >= 4 is 11.7 Å². The molecule has 1 aromatic heterocycles. The second kappa shape index (κ2) is 7.46. The Hall–Kier alpha value is -2.40. The molecule has 136 valence electrons. The van der Waals surface area contributed by atoms with Crippen LogP contribution in [0.5, 0.6) is 0 Å². The number of urea groups is 1. The predicted octanol–water partition coefficient (Wildman–Crippen LogP) is 3.67. The molecule has 0 bridgehead atoms. The molecular formula is C21H25N3O2. The summed E-state index contributed by atoms with van der Waals surface area (Å²) in [6.07, 6.45) is 4.79. The first-order valence-electron chi connectivity index (χ1n) is 9.36. The van der Waals surface area contributed by atoms with Gasteiger partial charge < -0.3 is 9.64 Å². The number of fused-ring (bicyclic) bond motifs is 1. The molecule has 0 radical (unpaired) electrons. The van der Waals surface area contributed by atoms with Gasteiger partial charge in [0.1, 0.15) is 0 Å². The summed E-state index contributed by atoms with van der Waals surface area (Å²) in [6.45, 7) is 1.42. The van der Waals surface area contributed by atoms with Gasteiger partial charge >= 0.3 is 6.03 Å². The normalized spacial score (nSPS) is 25.0. The molecule has 0 unspecified atom stereocenters. The number of aromatic nitrogens is 1. The van der Waals surface area contributed by atoms with Crippen LogP contribution in [0, 0.1) is 0 Å². The van der Waals surface area contributed by atoms with Crippen molar-refractivity contribution in [2.45, 2.75) is 37.3 Å². The number of amides is 2. The fourth-order valence-corrected chi connectivity index (χ4v) is 4.49. The van der Waals surface area contributed by atoms with E-state index in [4.69, 9.17) is 4.74 Å². The molecular weight excluding hydrogens is 326 g/mol. The number of pyridine rings is 1. The fraction of sp³-hybridized carbons (Fsp3) is 0.429. The van der Waals surface area contributed by atoms with Crippen molar-refractivity contribution in [3.63, 3.8) is 0 Å². The van der Waals surface area contributed by atoms with Gasteiger partial charge in [0.15, 0.2) is 0 Å². The Morgan fingerprint density at radius 1 is 1.12 bits per heavy atom. The molecule has 1 aromatic carbocycles. The molecule has 0 spiro atoms. The highest BCUT2D eigenvalue weighted by Gasteiger charge is 2.53. The first-order valence-corrected chi connectivity index (χ1v) is 9.36. The number of benzene rings is 1. The van der Waals surface area contributed by atoms with Crippen LogP contribution in [0.4, 0.5) is 10.5 Å². The third-order valence-corrected chi connectivity index (χ3v) is 5.58. The van der Waals surface area contributed by atoms with Crippen LogP contribution in [0.15, 0.2) is 54.7 Å². The van der Waals surface area contributed by atoms with Crippen LogP contribution in [-0.4, -0.2) is 48.3 Å². The third-order valence-electron chi connectivity index (χ3n) is 5.58. The molecule has 2 amide bonds. The average molecular weight is 351 g/mol. The maximum absolute atomic E-state index is 13.3. The molecule has 1 aliphatic carbocycles. The predicted molar refractivity (Wildman–Crippen MR) is 101 cm³/mol. The molecule has 1 aliphatic heterocycles. The molecule has 1 saturated carbocycles. The van der Waals surface area contributed by atoms with E-state index in [2.05, 4.69) is 16.0 Å². The van der Waals surface area contributed by atoms with Gasteiger partial charge in [-0.1, -0.05) is 24.3 Å². The van der Waals surface area contributed by atoms with E-state index in [0.29, 0.717) is 6.61 Å². The highest BCUT2D eigenvalue weighted by Crippen LogP contribution is 2.45. The summed E-state index contributed by atoms with van der Waals surface area (Å²) in [5, 5.41) is 0. The van der Waals surface area contributed by atoms with Gasteiger partial charge in [-0.25, -0.2) is 4.79 Å². The zero-order valence-corrected chi connectivity index (χ0v) is 15.1. The second-order valence-electron chi connectivity index (χ2n) is 7.02. The second-order valence-corrected chi connectivity index (χ2v) is 7.02. The molecule has 26 heavy (non-hydrogen) atoms. The smallest absolute Gasteiger partial charge is 0.325 e. The van der Waals surface area contributed by atoms with Crippen LogP contribution in [0.25, 0.3) is 0 Å². The number of anilines is 1.